The van der Waals surface area contributed by atoms with Gasteiger partial charge in [0.05, 0.1) is 17.9 Å². The zero-order chi connectivity index (χ0) is 12.5. The van der Waals surface area contributed by atoms with Gasteiger partial charge in [0.15, 0.2) is 0 Å². The molecule has 0 aromatic heterocycles. The van der Waals surface area contributed by atoms with Crippen molar-refractivity contribution in [2.24, 2.45) is 22.7 Å². The van der Waals surface area contributed by atoms with Gasteiger partial charge in [-0.3, -0.25) is 4.99 Å². The second-order valence-corrected chi connectivity index (χ2v) is 4.61. The van der Waals surface area contributed by atoms with Crippen LogP contribution < -0.4 is 0 Å². The number of allylic oxidation sites excluding steroid dienone is 1. The van der Waals surface area contributed by atoms with Gasteiger partial charge in [-0.15, -0.1) is 0 Å². The van der Waals surface area contributed by atoms with Gasteiger partial charge in [0, 0.05) is 18.3 Å². The van der Waals surface area contributed by atoms with Crippen LogP contribution in [0.2, 0.25) is 0 Å². The second-order valence-electron chi connectivity index (χ2n) is 4.61. The Morgan fingerprint density at radius 2 is 2.12 bits per heavy atom. The minimum Gasteiger partial charge on any atom is -0.265 e. The maximum absolute atomic E-state index is 12.6. The molecule has 2 aliphatic rings. The van der Waals surface area contributed by atoms with Crippen LogP contribution in [-0.4, -0.2) is 11.9 Å². The van der Waals surface area contributed by atoms with Crippen LogP contribution in [0.5, 0.6) is 0 Å². The van der Waals surface area contributed by atoms with E-state index in [0.717, 1.165) is 25.3 Å². The van der Waals surface area contributed by atoms with Gasteiger partial charge in [-0.1, -0.05) is 12.5 Å². The third-order valence-corrected chi connectivity index (χ3v) is 3.53. The van der Waals surface area contributed by atoms with Gasteiger partial charge in [0.1, 0.15) is 0 Å². The van der Waals surface area contributed by atoms with E-state index in [1.165, 1.54) is 6.20 Å². The van der Waals surface area contributed by atoms with Crippen molar-refractivity contribution in [2.45, 2.75) is 31.9 Å². The molecule has 0 N–H and O–H groups in total. The zero-order valence-corrected chi connectivity index (χ0v) is 9.24. The third kappa shape index (κ3) is 2.51. The van der Waals surface area contributed by atoms with E-state index in [4.69, 9.17) is 5.26 Å². The smallest absolute Gasteiger partial charge is 0.265 e. The fourth-order valence-electron chi connectivity index (χ4n) is 2.25. The van der Waals surface area contributed by atoms with E-state index in [0.29, 0.717) is 5.71 Å². The number of nitriles is 1. The van der Waals surface area contributed by atoms with E-state index in [-0.39, 0.29) is 12.3 Å². The number of hydrogen-bond donors (Lipinski definition) is 0. The lowest BCUT2D eigenvalue weighted by Crippen LogP contribution is -2.33. The number of aliphatic imine (C=N–C) groups is 1. The van der Waals surface area contributed by atoms with E-state index in [1.54, 1.807) is 0 Å². The minimum atomic E-state index is -4.24. The van der Waals surface area contributed by atoms with Crippen LogP contribution in [0.3, 0.4) is 0 Å². The van der Waals surface area contributed by atoms with Crippen molar-refractivity contribution in [1.29, 1.82) is 5.26 Å². The molecule has 2 atom stereocenters. The van der Waals surface area contributed by atoms with E-state index >= 15 is 0 Å². The normalized spacial score (nSPS) is 26.9. The molecule has 0 saturated heterocycles. The van der Waals surface area contributed by atoms with Crippen molar-refractivity contribution in [3.8, 4) is 6.07 Å². The van der Waals surface area contributed by atoms with Crippen molar-refractivity contribution in [3.05, 3.63) is 12.3 Å². The molecule has 1 saturated carbocycles. The quantitative estimate of drug-likeness (QED) is 0.730. The molecule has 2 rings (SSSR count). The highest BCUT2D eigenvalue weighted by atomic mass is 19.4. The van der Waals surface area contributed by atoms with Crippen molar-refractivity contribution in [1.82, 2.24) is 0 Å². The summed E-state index contributed by atoms with van der Waals surface area (Å²) in [6.07, 6.45) is 0.786. The highest BCUT2D eigenvalue weighted by molar-refractivity contribution is 5.90. The molecular weight excluding hydrogens is 229 g/mol. The largest absolute Gasteiger partial charge is 0.395 e. The molecule has 1 fully saturated rings. The van der Waals surface area contributed by atoms with Gasteiger partial charge in [-0.25, -0.2) is 0 Å². The summed E-state index contributed by atoms with van der Waals surface area (Å²) in [5.74, 6) is -1.70. The van der Waals surface area contributed by atoms with Crippen LogP contribution in [-0.2, 0) is 0 Å². The summed E-state index contributed by atoms with van der Waals surface area (Å²) in [7, 11) is 0. The summed E-state index contributed by atoms with van der Waals surface area (Å²) < 4.78 is 37.8. The Kier molecular flexibility index (Phi) is 3.23. The van der Waals surface area contributed by atoms with Crippen LogP contribution in [0, 0.1) is 29.1 Å². The minimum absolute atomic E-state index is 0.158. The molecule has 0 bridgehead atoms. The molecule has 1 aliphatic carbocycles. The maximum atomic E-state index is 12.6. The zero-order valence-electron chi connectivity index (χ0n) is 9.24. The fourth-order valence-corrected chi connectivity index (χ4v) is 2.25. The first-order chi connectivity index (χ1) is 8.02. The van der Waals surface area contributed by atoms with E-state index < -0.39 is 18.0 Å². The van der Waals surface area contributed by atoms with Gasteiger partial charge < -0.3 is 0 Å². The Hall–Kier alpha value is -1.31. The molecule has 17 heavy (non-hydrogen) atoms. The number of rotatable bonds is 2. The Morgan fingerprint density at radius 1 is 1.41 bits per heavy atom. The van der Waals surface area contributed by atoms with E-state index in [1.807, 2.05) is 0 Å². The monoisotopic (exact) mass is 242 g/mol. The van der Waals surface area contributed by atoms with Gasteiger partial charge in [-0.2, -0.15) is 18.4 Å². The highest BCUT2D eigenvalue weighted by Gasteiger charge is 2.42. The third-order valence-electron chi connectivity index (χ3n) is 3.53. The molecule has 92 valence electrons. The molecule has 1 heterocycles. The lowest BCUT2D eigenvalue weighted by atomic mass is 9.73. The molecule has 0 spiro atoms. The first kappa shape index (κ1) is 12.2. The average Bonchev–Trinajstić information content (AvgIpc) is 2.22. The molecule has 2 unspecified atom stereocenters. The van der Waals surface area contributed by atoms with Gasteiger partial charge >= 0.3 is 6.18 Å². The van der Waals surface area contributed by atoms with Crippen molar-refractivity contribution >= 4 is 5.71 Å². The van der Waals surface area contributed by atoms with Crippen molar-refractivity contribution < 1.29 is 13.2 Å². The lowest BCUT2D eigenvalue weighted by Gasteiger charge is -2.32. The first-order valence-electron chi connectivity index (χ1n) is 5.72. The number of nitrogens with zero attached hydrogens (tertiary/aromatic N) is 2. The summed E-state index contributed by atoms with van der Waals surface area (Å²) in [5.41, 5.74) is 0.405. The number of hydrogen-bond acceptors (Lipinski definition) is 2. The van der Waals surface area contributed by atoms with E-state index in [9.17, 15) is 13.2 Å². The topological polar surface area (TPSA) is 36.1 Å². The molecule has 5 heteroatoms. The van der Waals surface area contributed by atoms with E-state index in [2.05, 4.69) is 11.1 Å². The summed E-state index contributed by atoms with van der Waals surface area (Å²) in [5, 5.41) is 9.07. The van der Waals surface area contributed by atoms with Crippen molar-refractivity contribution in [3.63, 3.8) is 0 Å². The van der Waals surface area contributed by atoms with Crippen LogP contribution in [0.15, 0.2) is 17.3 Å². The molecule has 2 nitrogen and oxygen atoms in total. The molecular formula is C12H13F3N2. The Labute approximate surface area is 97.8 Å². The molecule has 1 aliphatic heterocycles. The molecule has 0 aromatic carbocycles. The summed E-state index contributed by atoms with van der Waals surface area (Å²) in [4.78, 5) is 3.98. The van der Waals surface area contributed by atoms with Gasteiger partial charge in [0.2, 0.25) is 0 Å². The summed E-state index contributed by atoms with van der Waals surface area (Å²) in [6, 6.07) is 2.11. The average molecular weight is 242 g/mol. The highest BCUT2D eigenvalue weighted by Crippen LogP contribution is 2.38. The molecule has 0 amide bonds. The lowest BCUT2D eigenvalue weighted by molar-refractivity contribution is -0.159. The van der Waals surface area contributed by atoms with Crippen LogP contribution in [0.25, 0.3) is 0 Å². The fraction of sp³-hybridized carbons (Fsp3) is 0.667. The Bertz CT molecular complexity index is 386. The summed E-state index contributed by atoms with van der Waals surface area (Å²) >= 11 is 0. The molecule has 0 radical (unpaired) electrons. The SMILES string of the molecule is N#CC(C1=NC=CC(C(F)(F)F)C1)C1CCC1. The standard InChI is InChI=1S/C12H13F3N2/c13-12(14,15)9-4-5-17-11(6-9)10(7-16)8-2-1-3-8/h4-5,8-10H,1-3,6H2. The van der Waals surface area contributed by atoms with Crippen LogP contribution >= 0.6 is 0 Å². The number of alkyl halides is 3. The predicted molar refractivity (Wildman–Crippen MR) is 57.2 cm³/mol. The van der Waals surface area contributed by atoms with Crippen LogP contribution in [0.1, 0.15) is 25.7 Å². The van der Waals surface area contributed by atoms with Crippen molar-refractivity contribution in [2.75, 3.05) is 0 Å². The first-order valence-corrected chi connectivity index (χ1v) is 5.72. The Morgan fingerprint density at radius 3 is 2.59 bits per heavy atom. The predicted octanol–water partition coefficient (Wildman–Crippen LogP) is 3.46. The Balaban J connectivity index is 2.09. The summed E-state index contributed by atoms with van der Waals surface area (Å²) in [6.45, 7) is 0. The van der Waals surface area contributed by atoms with Gasteiger partial charge in [-0.05, 0) is 18.8 Å². The van der Waals surface area contributed by atoms with Gasteiger partial charge in [0.25, 0.3) is 0 Å². The number of halogens is 3. The van der Waals surface area contributed by atoms with Crippen LogP contribution in [0.4, 0.5) is 13.2 Å². The maximum Gasteiger partial charge on any atom is 0.395 e. The second kappa shape index (κ2) is 4.52. The molecule has 0 aromatic rings.